The summed E-state index contributed by atoms with van der Waals surface area (Å²) in [6.45, 7) is 16.8. The van der Waals surface area contributed by atoms with Crippen molar-refractivity contribution < 1.29 is 34.3 Å². The molecule has 1 saturated heterocycles. The van der Waals surface area contributed by atoms with E-state index in [1.807, 2.05) is 0 Å². The summed E-state index contributed by atoms with van der Waals surface area (Å²) in [4.78, 5) is 13.0. The quantitative estimate of drug-likeness (QED) is 0.0478. The molecule has 342 valence electrons. The van der Waals surface area contributed by atoms with Crippen LogP contribution in [0.1, 0.15) is 215 Å². The molecule has 14 atom stereocenters. The highest BCUT2D eigenvalue weighted by molar-refractivity contribution is 5.69. The van der Waals surface area contributed by atoms with Gasteiger partial charge in [-0.1, -0.05) is 156 Å². The van der Waals surface area contributed by atoms with Gasteiger partial charge in [0.05, 0.1) is 12.7 Å². The Hall–Kier alpha value is -0.990. The normalized spacial score (nSPS) is 36.7. The van der Waals surface area contributed by atoms with E-state index >= 15 is 0 Å². The molecule has 0 aromatic carbocycles. The highest BCUT2D eigenvalue weighted by Crippen LogP contribution is 2.67. The van der Waals surface area contributed by atoms with E-state index in [0.29, 0.717) is 11.3 Å². The van der Waals surface area contributed by atoms with Gasteiger partial charge in [-0.05, 0) is 116 Å². The zero-order chi connectivity index (χ0) is 42.6. The number of fused-ring (bicyclic) bond motifs is 5. The number of esters is 1. The minimum Gasteiger partial charge on any atom is -0.456 e. The molecule has 7 nitrogen and oxygen atoms in total. The molecule has 5 aliphatic rings. The number of allylic oxidation sites excluding steroid dienone is 1. The first-order valence-corrected chi connectivity index (χ1v) is 25.5. The smallest absolute Gasteiger partial charge is 0.306 e. The Morgan fingerprint density at radius 2 is 1.46 bits per heavy atom. The highest BCUT2D eigenvalue weighted by atomic mass is 16.7. The third-order valence-corrected chi connectivity index (χ3v) is 17.4. The van der Waals surface area contributed by atoms with Crippen LogP contribution in [0.15, 0.2) is 11.6 Å². The second-order valence-electron chi connectivity index (χ2n) is 21.5. The van der Waals surface area contributed by atoms with Crippen LogP contribution in [0.2, 0.25) is 0 Å². The van der Waals surface area contributed by atoms with Crippen molar-refractivity contribution in [3.63, 3.8) is 0 Å². The first-order chi connectivity index (χ1) is 28.4. The van der Waals surface area contributed by atoms with Crippen LogP contribution in [0.3, 0.4) is 0 Å². The van der Waals surface area contributed by atoms with Crippen LogP contribution in [-0.2, 0) is 19.0 Å². The molecule has 59 heavy (non-hydrogen) atoms. The summed E-state index contributed by atoms with van der Waals surface area (Å²) in [7, 11) is 0. The second-order valence-corrected chi connectivity index (χ2v) is 21.5. The largest absolute Gasteiger partial charge is 0.456 e. The molecule has 0 bridgehead atoms. The number of carbonyl (C=O) groups is 1. The number of rotatable bonds is 25. The fourth-order valence-electron chi connectivity index (χ4n) is 13.6. The Balaban J connectivity index is 1.06. The van der Waals surface area contributed by atoms with Crippen LogP contribution in [0, 0.1) is 52.3 Å². The Bertz CT molecular complexity index is 1270. The number of hydrogen-bond donors (Lipinski definition) is 3. The summed E-state index contributed by atoms with van der Waals surface area (Å²) >= 11 is 0. The first-order valence-electron chi connectivity index (χ1n) is 25.5. The van der Waals surface area contributed by atoms with Crippen molar-refractivity contribution in [2.24, 2.45) is 52.3 Å². The molecule has 3 N–H and O–H groups in total. The molecule has 0 spiro atoms. The van der Waals surface area contributed by atoms with E-state index in [1.165, 1.54) is 121 Å². The van der Waals surface area contributed by atoms with E-state index in [-0.39, 0.29) is 17.9 Å². The summed E-state index contributed by atoms with van der Waals surface area (Å²) in [5, 5.41) is 32.5. The molecule has 3 saturated carbocycles. The van der Waals surface area contributed by atoms with E-state index in [9.17, 15) is 20.1 Å². The summed E-state index contributed by atoms with van der Waals surface area (Å²) < 4.78 is 18.2. The average Bonchev–Trinajstić information content (AvgIpc) is 3.58. The summed E-state index contributed by atoms with van der Waals surface area (Å²) in [5.74, 6) is 5.11. The predicted molar refractivity (Wildman–Crippen MR) is 240 cm³/mol. The monoisotopic (exact) mass is 829 g/mol. The lowest BCUT2D eigenvalue weighted by Crippen LogP contribution is -2.61. The first kappa shape index (κ1) is 49.0. The third-order valence-electron chi connectivity index (χ3n) is 17.4. The zero-order valence-electron chi connectivity index (χ0n) is 39.1. The molecule has 1 aliphatic heterocycles. The van der Waals surface area contributed by atoms with E-state index in [2.05, 4.69) is 54.5 Å². The predicted octanol–water partition coefficient (Wildman–Crippen LogP) is 12.3. The van der Waals surface area contributed by atoms with E-state index in [0.717, 1.165) is 80.5 Å². The van der Waals surface area contributed by atoms with Crippen LogP contribution in [0.25, 0.3) is 0 Å². The lowest BCUT2D eigenvalue weighted by atomic mass is 9.47. The maximum atomic E-state index is 13.0. The summed E-state index contributed by atoms with van der Waals surface area (Å²) in [6.07, 6.45) is 27.5. The lowest BCUT2D eigenvalue weighted by molar-refractivity contribution is -0.314. The van der Waals surface area contributed by atoms with E-state index in [4.69, 9.17) is 14.2 Å². The summed E-state index contributed by atoms with van der Waals surface area (Å²) in [6, 6.07) is 0. The average molecular weight is 829 g/mol. The van der Waals surface area contributed by atoms with Gasteiger partial charge in [0.1, 0.15) is 18.3 Å². The molecule has 0 amide bonds. The van der Waals surface area contributed by atoms with Crippen molar-refractivity contribution in [3.05, 3.63) is 11.6 Å². The van der Waals surface area contributed by atoms with Crippen LogP contribution in [0.5, 0.6) is 0 Å². The minimum atomic E-state index is -1.34. The number of aliphatic hydroxyl groups is 3. The van der Waals surface area contributed by atoms with E-state index < -0.39 is 43.3 Å². The topological polar surface area (TPSA) is 105 Å². The molecular weight excluding hydrogens is 737 g/mol. The molecule has 4 aliphatic carbocycles. The van der Waals surface area contributed by atoms with Gasteiger partial charge in [-0.25, -0.2) is 0 Å². The molecule has 7 heteroatoms. The SMILES string of the molecule is CCCCCCCCCCCCCCCCC(=O)O[C@@H]1[C@@H](O)[C@H](O[C@H]2CC[C@@]3(C)C(=CC[C@H]4[C@@H]5CC[C@H]([C@H](C)CC[C@@H](CC)C(C)C)[C@@]5(C)CC[C@@H]43)C2)O[C@H](CO)[C@H]1O. The maximum absolute atomic E-state index is 13.0. The molecule has 0 unspecified atom stereocenters. The standard InChI is InChI=1S/C52H92O7/c1-8-10-11-12-13-14-15-16-17-18-19-20-21-22-23-46(54)59-49-47(55)45(35-53)58-50(48(49)56)57-40-30-32-51(6)39(34-40)26-27-41-43-29-28-42(52(43,7)33-31-44(41)51)37(5)24-25-38(9-2)36(3)4/h26,36-38,40-45,47-50,53,55-56H,8-25,27-35H2,1-7H3/t37-,38-,40+,41+,42-,43+,44+,45-,47-,48-,49+,50-,51+,52-/m1/s1. The van der Waals surface area contributed by atoms with E-state index in [1.54, 1.807) is 0 Å². The van der Waals surface area contributed by atoms with Crippen LogP contribution in [0.4, 0.5) is 0 Å². The van der Waals surface area contributed by atoms with Crippen molar-refractivity contribution in [3.8, 4) is 0 Å². The number of aliphatic hydroxyl groups excluding tert-OH is 3. The maximum Gasteiger partial charge on any atom is 0.306 e. The number of hydrogen-bond acceptors (Lipinski definition) is 7. The van der Waals surface area contributed by atoms with Crippen molar-refractivity contribution in [1.82, 2.24) is 0 Å². The van der Waals surface area contributed by atoms with Crippen molar-refractivity contribution >= 4 is 5.97 Å². The third kappa shape index (κ3) is 12.4. The summed E-state index contributed by atoms with van der Waals surface area (Å²) in [5.41, 5.74) is 2.12. The van der Waals surface area contributed by atoms with Crippen molar-refractivity contribution in [2.75, 3.05) is 6.61 Å². The number of unbranched alkanes of at least 4 members (excludes halogenated alkanes) is 13. The van der Waals surface area contributed by atoms with Gasteiger partial charge in [-0.3, -0.25) is 4.79 Å². The Labute approximate surface area is 362 Å². The van der Waals surface area contributed by atoms with Gasteiger partial charge in [0.15, 0.2) is 12.4 Å². The van der Waals surface area contributed by atoms with Crippen LogP contribution < -0.4 is 0 Å². The Kier molecular flexibility index (Phi) is 19.6. The van der Waals surface area contributed by atoms with Crippen LogP contribution in [-0.4, -0.2) is 64.7 Å². The molecule has 1 heterocycles. The molecule has 0 aromatic rings. The fourth-order valence-corrected chi connectivity index (χ4v) is 13.6. The molecule has 0 radical (unpaired) electrons. The van der Waals surface area contributed by atoms with Gasteiger partial charge in [0, 0.05) is 6.42 Å². The number of carbonyl (C=O) groups excluding carboxylic acids is 1. The minimum absolute atomic E-state index is 0.143. The van der Waals surface area contributed by atoms with Gasteiger partial charge in [-0.15, -0.1) is 0 Å². The number of ether oxygens (including phenoxy) is 3. The Morgan fingerprint density at radius 3 is 2.07 bits per heavy atom. The Morgan fingerprint density at radius 1 is 0.814 bits per heavy atom. The molecule has 0 aromatic heterocycles. The van der Waals surface area contributed by atoms with Gasteiger partial charge < -0.3 is 29.5 Å². The van der Waals surface area contributed by atoms with Gasteiger partial charge in [0.25, 0.3) is 0 Å². The second kappa shape index (κ2) is 23.6. The highest BCUT2D eigenvalue weighted by Gasteiger charge is 2.59. The van der Waals surface area contributed by atoms with Crippen molar-refractivity contribution in [2.45, 2.75) is 252 Å². The van der Waals surface area contributed by atoms with Gasteiger partial charge >= 0.3 is 5.97 Å². The van der Waals surface area contributed by atoms with Gasteiger partial charge in [0.2, 0.25) is 0 Å². The molecular formula is C52H92O7. The molecule has 4 fully saturated rings. The van der Waals surface area contributed by atoms with Crippen LogP contribution >= 0.6 is 0 Å². The van der Waals surface area contributed by atoms with Crippen molar-refractivity contribution in [1.29, 1.82) is 0 Å². The van der Waals surface area contributed by atoms with Gasteiger partial charge in [-0.2, -0.15) is 0 Å². The molecule has 5 rings (SSSR count). The fraction of sp³-hybridized carbons (Fsp3) is 0.942. The lowest BCUT2D eigenvalue weighted by Gasteiger charge is -2.58. The zero-order valence-corrected chi connectivity index (χ0v) is 39.1.